The molecule has 0 aliphatic heterocycles. The molecule has 0 unspecified atom stereocenters. The molecule has 0 aliphatic rings. The Hall–Kier alpha value is -3.50. The van der Waals surface area contributed by atoms with Gasteiger partial charge < -0.3 is 23.2 Å². The standard InChI is InChI=1S/C30H31Br2N3O5/c1-6-20(4)39-29-26(37-5)15-21(27(31)28(29)32)16-33-34-30(36)25-14-13-24(40-25)17-38-23-11-9-22(10-12-23)35-18(2)7-8-19(35)3/h7-16,20H,6,17H2,1-5H3,(H,34,36)/b33-16+/t20-/m0/s1. The summed E-state index contributed by atoms with van der Waals surface area (Å²) >= 11 is 7.12. The van der Waals surface area contributed by atoms with Crippen LogP contribution in [0.5, 0.6) is 17.2 Å². The normalized spacial score (nSPS) is 12.0. The first kappa shape index (κ1) is 29.5. The van der Waals surface area contributed by atoms with Crippen LogP contribution in [0.3, 0.4) is 0 Å². The second-order valence-corrected chi connectivity index (χ2v) is 10.7. The summed E-state index contributed by atoms with van der Waals surface area (Å²) in [5.41, 5.74) is 6.58. The van der Waals surface area contributed by atoms with Gasteiger partial charge in [0.15, 0.2) is 17.3 Å². The Morgan fingerprint density at radius 2 is 1.77 bits per heavy atom. The lowest BCUT2D eigenvalue weighted by molar-refractivity contribution is 0.0923. The number of furan rings is 1. The van der Waals surface area contributed by atoms with Gasteiger partial charge in [-0.25, -0.2) is 5.43 Å². The Balaban J connectivity index is 1.35. The van der Waals surface area contributed by atoms with E-state index in [9.17, 15) is 4.79 Å². The van der Waals surface area contributed by atoms with E-state index in [0.717, 1.165) is 12.1 Å². The predicted molar refractivity (Wildman–Crippen MR) is 162 cm³/mol. The number of hydrazone groups is 1. The largest absolute Gasteiger partial charge is 0.493 e. The third kappa shape index (κ3) is 6.79. The van der Waals surface area contributed by atoms with Gasteiger partial charge in [-0.05, 0) is 114 Å². The minimum absolute atomic E-state index is 0.0174. The highest BCUT2D eigenvalue weighted by molar-refractivity contribution is 9.13. The number of carbonyl (C=O) groups excluding carboxylic acids is 1. The topological polar surface area (TPSA) is 87.2 Å². The van der Waals surface area contributed by atoms with Crippen LogP contribution >= 0.6 is 31.9 Å². The minimum atomic E-state index is -0.483. The first-order valence-corrected chi connectivity index (χ1v) is 14.3. The van der Waals surface area contributed by atoms with Crippen molar-refractivity contribution in [3.8, 4) is 22.9 Å². The maximum absolute atomic E-state index is 12.6. The lowest BCUT2D eigenvalue weighted by atomic mass is 10.2. The molecule has 0 aliphatic carbocycles. The number of nitrogens with zero attached hydrogens (tertiary/aromatic N) is 2. The van der Waals surface area contributed by atoms with E-state index >= 15 is 0 Å². The molecule has 1 N–H and O–H groups in total. The number of methoxy groups -OCH3 is 1. The molecule has 1 amide bonds. The lowest BCUT2D eigenvalue weighted by Gasteiger charge is -2.18. The average molecular weight is 673 g/mol. The van der Waals surface area contributed by atoms with E-state index < -0.39 is 5.91 Å². The summed E-state index contributed by atoms with van der Waals surface area (Å²) in [4.78, 5) is 12.6. The van der Waals surface area contributed by atoms with Crippen LogP contribution in [0, 0.1) is 13.8 Å². The number of aryl methyl sites for hydroxylation is 2. The molecule has 1 atom stereocenters. The van der Waals surface area contributed by atoms with Gasteiger partial charge in [-0.3, -0.25) is 4.79 Å². The number of ether oxygens (including phenoxy) is 3. The van der Waals surface area contributed by atoms with Gasteiger partial charge in [-0.15, -0.1) is 0 Å². The molecule has 2 aromatic heterocycles. The SMILES string of the molecule is CC[C@H](C)Oc1c(OC)cc(/C=N/NC(=O)c2ccc(COc3ccc(-n4c(C)ccc4C)cc3)o2)c(Br)c1Br. The number of carbonyl (C=O) groups is 1. The molecule has 0 spiro atoms. The van der Waals surface area contributed by atoms with Crippen molar-refractivity contribution in [3.05, 3.63) is 92.0 Å². The second kappa shape index (κ2) is 13.2. The van der Waals surface area contributed by atoms with E-state index in [2.05, 4.69) is 72.9 Å². The Morgan fingerprint density at radius 1 is 1.07 bits per heavy atom. The molecule has 40 heavy (non-hydrogen) atoms. The van der Waals surface area contributed by atoms with Crippen molar-refractivity contribution in [1.29, 1.82) is 0 Å². The van der Waals surface area contributed by atoms with Crippen molar-refractivity contribution in [2.45, 2.75) is 46.8 Å². The van der Waals surface area contributed by atoms with Gasteiger partial charge in [0.05, 0.1) is 23.9 Å². The molecule has 0 saturated carbocycles. The third-order valence-corrected chi connectivity index (χ3v) is 8.42. The Kier molecular flexibility index (Phi) is 9.76. The summed E-state index contributed by atoms with van der Waals surface area (Å²) in [5.74, 6) is 2.00. The van der Waals surface area contributed by atoms with Gasteiger partial charge in [0.2, 0.25) is 0 Å². The zero-order chi connectivity index (χ0) is 28.8. The van der Waals surface area contributed by atoms with E-state index in [1.54, 1.807) is 25.3 Å². The van der Waals surface area contributed by atoms with Crippen LogP contribution in [0.1, 0.15) is 53.5 Å². The molecule has 0 fully saturated rings. The number of halogens is 2. The number of nitrogens with one attached hydrogen (secondary N) is 1. The fourth-order valence-electron chi connectivity index (χ4n) is 3.96. The maximum Gasteiger partial charge on any atom is 0.307 e. The molecular formula is C30H31Br2N3O5. The van der Waals surface area contributed by atoms with Crippen LogP contribution in [0.15, 0.2) is 73.1 Å². The van der Waals surface area contributed by atoms with Crippen molar-refractivity contribution in [3.63, 3.8) is 0 Å². The highest BCUT2D eigenvalue weighted by atomic mass is 79.9. The van der Waals surface area contributed by atoms with Gasteiger partial charge in [0, 0.05) is 27.1 Å². The van der Waals surface area contributed by atoms with E-state index in [1.165, 1.54) is 17.6 Å². The van der Waals surface area contributed by atoms with Crippen LogP contribution in [-0.2, 0) is 6.61 Å². The highest BCUT2D eigenvalue weighted by Gasteiger charge is 2.18. The molecule has 8 nitrogen and oxygen atoms in total. The van der Waals surface area contributed by atoms with Crippen LogP contribution in [0.2, 0.25) is 0 Å². The first-order valence-electron chi connectivity index (χ1n) is 12.7. The first-order chi connectivity index (χ1) is 19.2. The molecule has 0 radical (unpaired) electrons. The number of hydrogen-bond acceptors (Lipinski definition) is 6. The number of aromatic nitrogens is 1. The molecule has 10 heteroatoms. The molecule has 4 rings (SSSR count). The summed E-state index contributed by atoms with van der Waals surface area (Å²) in [7, 11) is 1.57. The minimum Gasteiger partial charge on any atom is -0.493 e. The summed E-state index contributed by atoms with van der Waals surface area (Å²) in [6, 6.07) is 17.1. The summed E-state index contributed by atoms with van der Waals surface area (Å²) in [6.45, 7) is 8.36. The van der Waals surface area contributed by atoms with E-state index in [1.807, 2.05) is 38.1 Å². The van der Waals surface area contributed by atoms with Crippen LogP contribution < -0.4 is 19.6 Å². The third-order valence-electron chi connectivity index (χ3n) is 6.27. The number of hydrogen-bond donors (Lipinski definition) is 1. The number of amides is 1. The lowest BCUT2D eigenvalue weighted by Crippen LogP contribution is -2.17. The maximum atomic E-state index is 12.6. The summed E-state index contributed by atoms with van der Waals surface area (Å²) in [6.07, 6.45) is 2.38. The van der Waals surface area contributed by atoms with Crippen molar-refractivity contribution in [2.75, 3.05) is 7.11 Å². The van der Waals surface area contributed by atoms with Gasteiger partial charge in [0.1, 0.15) is 18.1 Å². The number of benzene rings is 2. The van der Waals surface area contributed by atoms with Crippen LogP contribution in [0.4, 0.5) is 0 Å². The average Bonchev–Trinajstić information content (AvgIpc) is 3.57. The van der Waals surface area contributed by atoms with Crippen LogP contribution in [0.25, 0.3) is 5.69 Å². The monoisotopic (exact) mass is 671 g/mol. The van der Waals surface area contributed by atoms with Gasteiger partial charge >= 0.3 is 5.91 Å². The Morgan fingerprint density at radius 3 is 2.42 bits per heavy atom. The van der Waals surface area contributed by atoms with Gasteiger partial charge in [0.25, 0.3) is 0 Å². The van der Waals surface area contributed by atoms with Crippen LogP contribution in [-0.4, -0.2) is 29.9 Å². The zero-order valence-corrected chi connectivity index (χ0v) is 26.1. The molecule has 2 heterocycles. The summed E-state index contributed by atoms with van der Waals surface area (Å²) in [5, 5.41) is 4.08. The van der Waals surface area contributed by atoms with Gasteiger partial charge in [-0.2, -0.15) is 5.10 Å². The zero-order valence-electron chi connectivity index (χ0n) is 23.0. The molecule has 0 saturated heterocycles. The van der Waals surface area contributed by atoms with Gasteiger partial charge in [-0.1, -0.05) is 6.92 Å². The molecule has 2 aromatic carbocycles. The van der Waals surface area contributed by atoms with Crippen molar-refractivity contribution >= 4 is 44.0 Å². The Labute approximate surface area is 250 Å². The Bertz CT molecular complexity index is 1490. The van der Waals surface area contributed by atoms with E-state index in [4.69, 9.17) is 18.6 Å². The predicted octanol–water partition coefficient (Wildman–Crippen LogP) is 7.74. The summed E-state index contributed by atoms with van der Waals surface area (Å²) < 4.78 is 26.6. The highest BCUT2D eigenvalue weighted by Crippen LogP contribution is 2.43. The quantitative estimate of drug-likeness (QED) is 0.130. The van der Waals surface area contributed by atoms with Crippen molar-refractivity contribution in [2.24, 2.45) is 5.10 Å². The molecule has 0 bridgehead atoms. The van der Waals surface area contributed by atoms with Crippen molar-refractivity contribution < 1.29 is 23.4 Å². The van der Waals surface area contributed by atoms with E-state index in [0.29, 0.717) is 37.5 Å². The number of rotatable bonds is 11. The smallest absolute Gasteiger partial charge is 0.307 e. The molecule has 210 valence electrons. The fourth-order valence-corrected chi connectivity index (χ4v) is 4.87. The van der Waals surface area contributed by atoms with E-state index in [-0.39, 0.29) is 18.5 Å². The second-order valence-electron chi connectivity index (χ2n) is 9.16. The fraction of sp³-hybridized carbons (Fsp3) is 0.267. The molecular weight excluding hydrogens is 642 g/mol. The molecule has 4 aromatic rings. The van der Waals surface area contributed by atoms with Crippen molar-refractivity contribution in [1.82, 2.24) is 9.99 Å².